The van der Waals surface area contributed by atoms with E-state index < -0.39 is 0 Å². The second kappa shape index (κ2) is 20.9. The number of rotatable bonds is 9. The summed E-state index contributed by atoms with van der Waals surface area (Å²) in [5, 5.41) is 22.6. The first-order chi connectivity index (χ1) is 40.9. The van der Waals surface area contributed by atoms with Gasteiger partial charge in [0.25, 0.3) is 0 Å². The van der Waals surface area contributed by atoms with Gasteiger partial charge in [-0.1, -0.05) is 193 Å². The molecular weight excluding hydrogens is 1020 g/mol. The number of allylic oxidation sites excluding steroid dienone is 6. The Morgan fingerprint density at radius 1 is 0.548 bits per heavy atom. The lowest BCUT2D eigenvalue weighted by Gasteiger charge is -2.32. The summed E-state index contributed by atoms with van der Waals surface area (Å²) in [6, 6.07) is 67.6. The minimum atomic E-state index is 0.177. The highest BCUT2D eigenvalue weighted by atomic mass is 16.3. The molecule has 1 aromatic heterocycles. The van der Waals surface area contributed by atoms with Crippen molar-refractivity contribution in [1.29, 1.82) is 0 Å². The third kappa shape index (κ3) is 8.71. The maximum absolute atomic E-state index is 13.2. The highest BCUT2D eigenvalue weighted by Gasteiger charge is 2.30. The molecule has 1 atom stereocenters. The lowest BCUT2D eigenvalue weighted by molar-refractivity contribution is 0.478. The molecule has 1 aliphatic carbocycles. The second-order valence-electron chi connectivity index (χ2n) is 24.4. The standard InChI is InChI=1S/C80H72N2O2/c1-10-53-20-12-13-24-60(53)64-26-16-27-65-66-28-18-30-73(80(66)84-79(64)65)82(59-40-49(7)39-50(8)41-59)75-46-70(48(5)6)63-35-37-67-74(45-69(47(3)4)62-36-38-68(75)77(63)76(62)67)81-58-23-14-19-52(43-58)31-32-55-34-33-54(11-2)71(42-51(55)9)57-22-15-21-56(44-57)61-25-17-29-72(81)78(61)83/h12-30,33-48,55,83H,10-11,31-32H2,1-9H3. The molecule has 1 unspecified atom stereocenters. The predicted octanol–water partition coefficient (Wildman–Crippen LogP) is 23.1. The summed E-state index contributed by atoms with van der Waals surface area (Å²) in [4.78, 5) is 4.85. The second-order valence-corrected chi connectivity index (χ2v) is 24.4. The fourth-order valence-electron chi connectivity index (χ4n) is 14.3. The van der Waals surface area contributed by atoms with Gasteiger partial charge in [-0.3, -0.25) is 0 Å². The lowest BCUT2D eigenvalue weighted by atomic mass is 9.84. The van der Waals surface area contributed by atoms with Gasteiger partial charge in [0.05, 0.1) is 22.7 Å². The zero-order valence-electron chi connectivity index (χ0n) is 49.9. The quantitative estimate of drug-likeness (QED) is 0.146. The number of aromatic hydroxyl groups is 1. The van der Waals surface area contributed by atoms with Crippen LogP contribution in [-0.4, -0.2) is 5.11 Å². The van der Waals surface area contributed by atoms with Crippen LogP contribution in [0.1, 0.15) is 112 Å². The van der Waals surface area contributed by atoms with Gasteiger partial charge >= 0.3 is 0 Å². The molecule has 0 saturated heterocycles. The number of phenolic OH excluding ortho intramolecular Hbond substituents is 1. The molecule has 414 valence electrons. The Labute approximate surface area is 494 Å². The molecular formula is C80H72N2O2. The van der Waals surface area contributed by atoms with E-state index in [-0.39, 0.29) is 17.6 Å². The van der Waals surface area contributed by atoms with E-state index in [0.717, 1.165) is 115 Å². The van der Waals surface area contributed by atoms with Gasteiger partial charge in [-0.25, -0.2) is 0 Å². The Hall–Kier alpha value is -9.12. The average molecular weight is 1090 g/mol. The van der Waals surface area contributed by atoms with Crippen molar-refractivity contribution in [2.24, 2.45) is 5.92 Å². The van der Waals surface area contributed by atoms with Gasteiger partial charge < -0.3 is 19.3 Å². The SMILES string of the molecule is CCC1=C2C=C(C)C(C=C1)CCc1cccc(c1)N(c1cc(C(C)C)c3ccc4c(N(c5cc(C)cc(C)c5)c5cccc6c5oc5c(-c7ccccc7CC)cccc56)cc(C(C)C)c5ccc1c3c54)c1cccc(c1O)-c1cccc2c1. The molecule has 14 rings (SSSR count). The summed E-state index contributed by atoms with van der Waals surface area (Å²) in [5.74, 6) is 0.925. The molecule has 2 aliphatic rings. The highest BCUT2D eigenvalue weighted by molar-refractivity contribution is 6.30. The van der Waals surface area contributed by atoms with Crippen LogP contribution in [0.3, 0.4) is 0 Å². The minimum absolute atomic E-state index is 0.177. The summed E-state index contributed by atoms with van der Waals surface area (Å²) < 4.78 is 7.37. The minimum Gasteiger partial charge on any atom is -0.505 e. The molecule has 0 fully saturated rings. The van der Waals surface area contributed by atoms with Crippen molar-refractivity contribution in [2.75, 3.05) is 9.80 Å². The molecule has 2 heterocycles. The van der Waals surface area contributed by atoms with Gasteiger partial charge in [0.15, 0.2) is 5.58 Å². The van der Waals surface area contributed by atoms with Crippen molar-refractivity contribution < 1.29 is 9.52 Å². The summed E-state index contributed by atoms with van der Waals surface area (Å²) in [6.45, 7) is 20.5. The van der Waals surface area contributed by atoms with E-state index in [0.29, 0.717) is 5.92 Å². The van der Waals surface area contributed by atoms with Crippen LogP contribution in [0.25, 0.3) is 82.1 Å². The Kier molecular flexibility index (Phi) is 13.2. The monoisotopic (exact) mass is 1090 g/mol. The Bertz CT molecular complexity index is 4690. The van der Waals surface area contributed by atoms with Crippen molar-refractivity contribution in [3.05, 3.63) is 250 Å². The number of anilines is 6. The maximum Gasteiger partial charge on any atom is 0.159 e. The number of fused-ring (bicyclic) bond motifs is 13. The van der Waals surface area contributed by atoms with Crippen LogP contribution in [0.4, 0.5) is 34.1 Å². The molecule has 1 aliphatic heterocycles. The van der Waals surface area contributed by atoms with E-state index in [9.17, 15) is 5.11 Å². The Morgan fingerprint density at radius 2 is 1.20 bits per heavy atom. The van der Waals surface area contributed by atoms with Crippen molar-refractivity contribution in [1.82, 2.24) is 0 Å². The first-order valence-electron chi connectivity index (χ1n) is 30.5. The molecule has 4 nitrogen and oxygen atoms in total. The van der Waals surface area contributed by atoms with E-state index in [4.69, 9.17) is 4.42 Å². The largest absolute Gasteiger partial charge is 0.505 e. The van der Waals surface area contributed by atoms with Gasteiger partial charge in [0.1, 0.15) is 11.3 Å². The number of para-hydroxylation sites is 3. The molecule has 11 aromatic carbocycles. The molecule has 1 N–H and O–H groups in total. The summed E-state index contributed by atoms with van der Waals surface area (Å²) in [7, 11) is 0. The predicted molar refractivity (Wildman–Crippen MR) is 358 cm³/mol. The molecule has 84 heavy (non-hydrogen) atoms. The number of hydrogen-bond acceptors (Lipinski definition) is 4. The van der Waals surface area contributed by atoms with Crippen LogP contribution >= 0.6 is 0 Å². The van der Waals surface area contributed by atoms with E-state index >= 15 is 0 Å². The van der Waals surface area contributed by atoms with E-state index in [1.165, 1.54) is 77.2 Å². The molecule has 8 bridgehead atoms. The first kappa shape index (κ1) is 52.9. The molecule has 0 saturated carbocycles. The highest BCUT2D eigenvalue weighted by Crippen LogP contribution is 2.54. The first-order valence-corrected chi connectivity index (χ1v) is 30.5. The zero-order chi connectivity index (χ0) is 57.7. The molecule has 4 heteroatoms. The van der Waals surface area contributed by atoms with Crippen LogP contribution in [0.2, 0.25) is 0 Å². The van der Waals surface area contributed by atoms with E-state index in [1.54, 1.807) is 0 Å². The molecule has 0 spiro atoms. The molecule has 12 aromatic rings. The van der Waals surface area contributed by atoms with Gasteiger partial charge in [-0.15, -0.1) is 0 Å². The lowest BCUT2D eigenvalue weighted by Crippen LogP contribution is -2.14. The van der Waals surface area contributed by atoms with Crippen molar-refractivity contribution >= 4 is 94.0 Å². The number of nitrogens with zero attached hydrogens (tertiary/aromatic N) is 2. The number of furan rings is 1. The van der Waals surface area contributed by atoms with Crippen LogP contribution in [0.5, 0.6) is 5.75 Å². The topological polar surface area (TPSA) is 39.9 Å². The van der Waals surface area contributed by atoms with Gasteiger partial charge in [-0.05, 0) is 202 Å². The fraction of sp³-hybridized carbons (Fsp3) is 0.200. The smallest absolute Gasteiger partial charge is 0.159 e. The van der Waals surface area contributed by atoms with E-state index in [2.05, 4.69) is 272 Å². The zero-order valence-corrected chi connectivity index (χ0v) is 49.9. The molecule has 0 amide bonds. The summed E-state index contributed by atoms with van der Waals surface area (Å²) in [5.41, 5.74) is 24.4. The van der Waals surface area contributed by atoms with E-state index in [1.807, 2.05) is 0 Å². The van der Waals surface area contributed by atoms with Gasteiger partial charge in [0, 0.05) is 44.0 Å². The Balaban J connectivity index is 1.05. The van der Waals surface area contributed by atoms with Crippen LogP contribution in [-0.2, 0) is 12.8 Å². The van der Waals surface area contributed by atoms with Gasteiger partial charge in [-0.2, -0.15) is 0 Å². The maximum atomic E-state index is 13.2. The number of aryl methyl sites for hydroxylation is 4. The van der Waals surface area contributed by atoms with Crippen molar-refractivity contribution in [2.45, 2.75) is 99.8 Å². The van der Waals surface area contributed by atoms with Crippen molar-refractivity contribution in [3.63, 3.8) is 0 Å². The number of benzene rings is 11. The molecule has 0 radical (unpaired) electrons. The van der Waals surface area contributed by atoms with Crippen LogP contribution < -0.4 is 9.80 Å². The van der Waals surface area contributed by atoms with Gasteiger partial charge in [0.2, 0.25) is 0 Å². The number of hydrogen-bond donors (Lipinski definition) is 1. The summed E-state index contributed by atoms with van der Waals surface area (Å²) in [6.07, 6.45) is 11.0. The normalized spacial score (nSPS) is 14.6. The van der Waals surface area contributed by atoms with Crippen LogP contribution in [0.15, 0.2) is 216 Å². The average Bonchev–Trinajstić information content (AvgIpc) is 1.01. The number of phenols is 1. The Morgan fingerprint density at radius 3 is 1.98 bits per heavy atom. The fourth-order valence-corrected chi connectivity index (χ4v) is 14.3. The summed E-state index contributed by atoms with van der Waals surface area (Å²) >= 11 is 0. The van der Waals surface area contributed by atoms with Crippen molar-refractivity contribution in [3.8, 4) is 28.0 Å². The third-order valence-electron chi connectivity index (χ3n) is 18.4. The van der Waals surface area contributed by atoms with Crippen LogP contribution in [0, 0.1) is 19.8 Å². The third-order valence-corrected chi connectivity index (χ3v) is 18.4.